The maximum Gasteiger partial charge on any atom is 0.338 e. The van der Waals surface area contributed by atoms with E-state index in [-0.39, 0.29) is 11.4 Å². The zero-order chi connectivity index (χ0) is 15.0. The van der Waals surface area contributed by atoms with Gasteiger partial charge in [0.15, 0.2) is 11.5 Å². The van der Waals surface area contributed by atoms with Crippen LogP contribution in [0.1, 0.15) is 10.4 Å². The van der Waals surface area contributed by atoms with Crippen molar-refractivity contribution < 1.29 is 18.3 Å². The molecule has 0 aliphatic heterocycles. The first-order valence-corrected chi connectivity index (χ1v) is 5.98. The SMILES string of the molecule is COC(=O)c1ccn2nc(-c3cc(F)cc(F)c3)nc2c1. The van der Waals surface area contributed by atoms with Gasteiger partial charge in [-0.25, -0.2) is 23.1 Å². The lowest BCUT2D eigenvalue weighted by Gasteiger charge is -1.97. The predicted octanol–water partition coefficient (Wildman–Crippen LogP) is 2.46. The van der Waals surface area contributed by atoms with E-state index in [0.717, 1.165) is 18.2 Å². The number of carbonyl (C=O) groups excluding carboxylic acids is 1. The van der Waals surface area contributed by atoms with Gasteiger partial charge in [-0.05, 0) is 24.3 Å². The minimum absolute atomic E-state index is 0.162. The molecule has 3 rings (SSSR count). The molecule has 0 fully saturated rings. The standard InChI is InChI=1S/C14H9F2N3O2/c1-21-14(20)8-2-3-19-12(6-8)17-13(18-19)9-4-10(15)7-11(16)5-9/h2-7H,1H3. The summed E-state index contributed by atoms with van der Waals surface area (Å²) in [7, 11) is 1.28. The Morgan fingerprint density at radius 3 is 2.57 bits per heavy atom. The molecule has 0 aliphatic carbocycles. The first-order valence-electron chi connectivity index (χ1n) is 5.98. The number of pyridine rings is 1. The second-order valence-corrected chi connectivity index (χ2v) is 4.30. The van der Waals surface area contributed by atoms with E-state index in [1.54, 1.807) is 0 Å². The van der Waals surface area contributed by atoms with Crippen molar-refractivity contribution in [1.82, 2.24) is 14.6 Å². The summed E-state index contributed by atoms with van der Waals surface area (Å²) in [5.74, 6) is -1.76. The average Bonchev–Trinajstić information content (AvgIpc) is 2.88. The van der Waals surface area contributed by atoms with Gasteiger partial charge in [-0.15, -0.1) is 5.10 Å². The van der Waals surface area contributed by atoms with Crippen LogP contribution in [-0.4, -0.2) is 27.7 Å². The van der Waals surface area contributed by atoms with Crippen LogP contribution in [0.15, 0.2) is 36.5 Å². The number of halogens is 2. The normalized spacial score (nSPS) is 10.8. The third kappa shape index (κ3) is 2.45. The molecule has 0 radical (unpaired) electrons. The molecule has 0 saturated carbocycles. The second kappa shape index (κ2) is 4.93. The highest BCUT2D eigenvalue weighted by Crippen LogP contribution is 2.19. The quantitative estimate of drug-likeness (QED) is 0.680. The van der Waals surface area contributed by atoms with Crippen LogP contribution in [0.3, 0.4) is 0 Å². The number of methoxy groups -OCH3 is 1. The number of carbonyl (C=O) groups is 1. The van der Waals surface area contributed by atoms with E-state index in [2.05, 4.69) is 14.8 Å². The van der Waals surface area contributed by atoms with Crippen molar-refractivity contribution in [3.05, 3.63) is 53.7 Å². The minimum Gasteiger partial charge on any atom is -0.465 e. The van der Waals surface area contributed by atoms with E-state index < -0.39 is 17.6 Å². The molecule has 2 aromatic heterocycles. The third-order valence-electron chi connectivity index (χ3n) is 2.88. The topological polar surface area (TPSA) is 56.5 Å². The van der Waals surface area contributed by atoms with Crippen molar-refractivity contribution in [3.8, 4) is 11.4 Å². The van der Waals surface area contributed by atoms with E-state index in [4.69, 9.17) is 0 Å². The Morgan fingerprint density at radius 1 is 1.19 bits per heavy atom. The number of esters is 1. The molecule has 0 saturated heterocycles. The number of hydrogen-bond acceptors (Lipinski definition) is 4. The Labute approximate surface area is 117 Å². The molecule has 106 valence electrons. The van der Waals surface area contributed by atoms with E-state index in [9.17, 15) is 13.6 Å². The van der Waals surface area contributed by atoms with Gasteiger partial charge in [0.05, 0.1) is 12.7 Å². The van der Waals surface area contributed by atoms with Crippen molar-refractivity contribution >= 4 is 11.6 Å². The molecule has 0 amide bonds. The Kier molecular flexibility index (Phi) is 3.09. The van der Waals surface area contributed by atoms with E-state index >= 15 is 0 Å². The summed E-state index contributed by atoms with van der Waals surface area (Å²) < 4.78 is 32.5. The second-order valence-electron chi connectivity index (χ2n) is 4.30. The summed E-state index contributed by atoms with van der Waals surface area (Å²) in [6.45, 7) is 0. The summed E-state index contributed by atoms with van der Waals surface area (Å²) >= 11 is 0. The van der Waals surface area contributed by atoms with Gasteiger partial charge in [-0.3, -0.25) is 0 Å². The van der Waals surface area contributed by atoms with Crippen molar-refractivity contribution in [2.45, 2.75) is 0 Å². The Bertz CT molecular complexity index is 825. The maximum absolute atomic E-state index is 13.2. The molecular formula is C14H9F2N3O2. The molecule has 2 heterocycles. The fourth-order valence-corrected chi connectivity index (χ4v) is 1.93. The highest BCUT2D eigenvalue weighted by atomic mass is 19.1. The monoisotopic (exact) mass is 289 g/mol. The van der Waals surface area contributed by atoms with Crippen LogP contribution in [-0.2, 0) is 4.74 Å². The van der Waals surface area contributed by atoms with Crippen molar-refractivity contribution in [2.24, 2.45) is 0 Å². The van der Waals surface area contributed by atoms with Crippen LogP contribution in [0, 0.1) is 11.6 Å². The maximum atomic E-state index is 13.2. The highest BCUT2D eigenvalue weighted by Gasteiger charge is 2.12. The van der Waals surface area contributed by atoms with Crippen molar-refractivity contribution in [3.63, 3.8) is 0 Å². The number of benzene rings is 1. The Morgan fingerprint density at radius 2 is 1.90 bits per heavy atom. The molecule has 0 bridgehead atoms. The fraction of sp³-hybridized carbons (Fsp3) is 0.0714. The molecule has 1 aromatic carbocycles. The molecule has 3 aromatic rings. The van der Waals surface area contributed by atoms with Gasteiger partial charge in [0, 0.05) is 17.8 Å². The van der Waals surface area contributed by atoms with Gasteiger partial charge in [-0.2, -0.15) is 0 Å². The van der Waals surface area contributed by atoms with Crippen LogP contribution in [0.2, 0.25) is 0 Å². The Hall–Kier alpha value is -2.83. The molecular weight excluding hydrogens is 280 g/mol. The molecule has 0 atom stereocenters. The van der Waals surface area contributed by atoms with Gasteiger partial charge in [0.2, 0.25) is 0 Å². The van der Waals surface area contributed by atoms with Crippen molar-refractivity contribution in [2.75, 3.05) is 7.11 Å². The summed E-state index contributed by atoms with van der Waals surface area (Å²) in [4.78, 5) is 15.6. The first-order chi connectivity index (χ1) is 10.1. The highest BCUT2D eigenvalue weighted by molar-refractivity contribution is 5.90. The first kappa shape index (κ1) is 13.2. The van der Waals surface area contributed by atoms with Crippen LogP contribution in [0.4, 0.5) is 8.78 Å². The fourth-order valence-electron chi connectivity index (χ4n) is 1.93. The van der Waals surface area contributed by atoms with Crippen molar-refractivity contribution in [1.29, 1.82) is 0 Å². The molecule has 0 aliphatic rings. The summed E-state index contributed by atoms with van der Waals surface area (Å²) in [5.41, 5.74) is 0.905. The number of ether oxygens (including phenoxy) is 1. The average molecular weight is 289 g/mol. The van der Waals surface area contributed by atoms with Gasteiger partial charge in [0.25, 0.3) is 0 Å². The van der Waals surface area contributed by atoms with Crippen LogP contribution in [0.25, 0.3) is 17.0 Å². The summed E-state index contributed by atoms with van der Waals surface area (Å²) in [6.07, 6.45) is 1.52. The summed E-state index contributed by atoms with van der Waals surface area (Å²) in [6, 6.07) is 6.05. The van der Waals surface area contributed by atoms with E-state index in [1.807, 2.05) is 0 Å². The van der Waals surface area contributed by atoms with E-state index in [1.165, 1.54) is 30.0 Å². The van der Waals surface area contributed by atoms with Gasteiger partial charge >= 0.3 is 5.97 Å². The minimum atomic E-state index is -0.709. The lowest BCUT2D eigenvalue weighted by atomic mass is 10.2. The third-order valence-corrected chi connectivity index (χ3v) is 2.88. The largest absolute Gasteiger partial charge is 0.465 e. The molecule has 0 spiro atoms. The van der Waals surface area contributed by atoms with Gasteiger partial charge in [0.1, 0.15) is 11.6 Å². The smallest absolute Gasteiger partial charge is 0.338 e. The lowest BCUT2D eigenvalue weighted by Crippen LogP contribution is -2.02. The number of hydrogen-bond donors (Lipinski definition) is 0. The van der Waals surface area contributed by atoms with Gasteiger partial charge in [-0.1, -0.05) is 0 Å². The van der Waals surface area contributed by atoms with Crippen LogP contribution >= 0.6 is 0 Å². The number of nitrogens with zero attached hydrogens (tertiary/aromatic N) is 3. The molecule has 7 heteroatoms. The van der Waals surface area contributed by atoms with E-state index in [0.29, 0.717) is 11.2 Å². The predicted molar refractivity (Wildman–Crippen MR) is 69.7 cm³/mol. The molecule has 21 heavy (non-hydrogen) atoms. The number of fused-ring (bicyclic) bond motifs is 1. The van der Waals surface area contributed by atoms with Crippen LogP contribution in [0.5, 0.6) is 0 Å². The number of aromatic nitrogens is 3. The molecule has 0 unspecified atom stereocenters. The Balaban J connectivity index is 2.10. The molecule has 0 N–H and O–H groups in total. The summed E-state index contributed by atoms with van der Waals surface area (Å²) in [5, 5.41) is 4.11. The van der Waals surface area contributed by atoms with Crippen LogP contribution < -0.4 is 0 Å². The zero-order valence-electron chi connectivity index (χ0n) is 10.9. The lowest BCUT2D eigenvalue weighted by molar-refractivity contribution is 0.0600. The van der Waals surface area contributed by atoms with Gasteiger partial charge < -0.3 is 4.74 Å². The zero-order valence-corrected chi connectivity index (χ0v) is 10.9. The number of rotatable bonds is 2. The molecule has 5 nitrogen and oxygen atoms in total.